The third-order valence-corrected chi connectivity index (χ3v) is 3.57. The lowest BCUT2D eigenvalue weighted by atomic mass is 9.61. The van der Waals surface area contributed by atoms with Crippen LogP contribution in [-0.2, 0) is 10.2 Å². The van der Waals surface area contributed by atoms with Crippen molar-refractivity contribution >= 4 is 5.69 Å². The molecule has 1 heterocycles. The maximum absolute atomic E-state index is 5.84. The van der Waals surface area contributed by atoms with Crippen LogP contribution in [0.5, 0.6) is 0 Å². The van der Waals surface area contributed by atoms with Gasteiger partial charge in [0, 0.05) is 11.1 Å². The second-order valence-electron chi connectivity index (χ2n) is 5.45. The highest BCUT2D eigenvalue weighted by atomic mass is 16.5. The van der Waals surface area contributed by atoms with E-state index in [0.29, 0.717) is 0 Å². The molecule has 1 aromatic rings. The van der Waals surface area contributed by atoms with Crippen LogP contribution in [0.15, 0.2) is 24.3 Å². The summed E-state index contributed by atoms with van der Waals surface area (Å²) in [6, 6.07) is 8.19. The fourth-order valence-corrected chi connectivity index (χ4v) is 2.18. The molecule has 0 spiro atoms. The summed E-state index contributed by atoms with van der Waals surface area (Å²) < 4.78 is 5.42. The molecule has 0 aliphatic carbocycles. The minimum Gasteiger partial charge on any atom is -0.399 e. The van der Waals surface area contributed by atoms with Gasteiger partial charge in [0.05, 0.1) is 13.2 Å². The number of nitrogen functional groups attached to an aromatic ring is 1. The first-order valence-electron chi connectivity index (χ1n) is 5.39. The van der Waals surface area contributed by atoms with Crippen molar-refractivity contribution in [2.24, 2.45) is 5.41 Å². The van der Waals surface area contributed by atoms with E-state index in [0.717, 1.165) is 18.9 Å². The Morgan fingerprint density at radius 1 is 1.27 bits per heavy atom. The van der Waals surface area contributed by atoms with E-state index < -0.39 is 0 Å². The van der Waals surface area contributed by atoms with Gasteiger partial charge in [0.25, 0.3) is 0 Å². The Balaban J connectivity index is 2.43. The molecule has 2 nitrogen and oxygen atoms in total. The Morgan fingerprint density at radius 3 is 2.33 bits per heavy atom. The average molecular weight is 205 g/mol. The zero-order valence-corrected chi connectivity index (χ0v) is 9.71. The lowest BCUT2D eigenvalue weighted by Crippen LogP contribution is -2.55. The molecule has 2 N–H and O–H groups in total. The zero-order chi connectivity index (χ0) is 11.1. The number of hydrogen-bond acceptors (Lipinski definition) is 2. The van der Waals surface area contributed by atoms with E-state index in [2.05, 4.69) is 32.9 Å². The summed E-state index contributed by atoms with van der Waals surface area (Å²) >= 11 is 0. The topological polar surface area (TPSA) is 35.2 Å². The minimum atomic E-state index is 0.141. The first kappa shape index (κ1) is 10.5. The number of benzene rings is 1. The Morgan fingerprint density at radius 2 is 1.93 bits per heavy atom. The van der Waals surface area contributed by atoms with Gasteiger partial charge in [-0.2, -0.15) is 0 Å². The molecular weight excluding hydrogens is 186 g/mol. The largest absolute Gasteiger partial charge is 0.399 e. The van der Waals surface area contributed by atoms with Crippen LogP contribution in [-0.4, -0.2) is 13.2 Å². The average Bonchev–Trinajstić information content (AvgIpc) is 1.98. The third kappa shape index (κ3) is 1.53. The van der Waals surface area contributed by atoms with E-state index in [1.54, 1.807) is 0 Å². The number of rotatable bonds is 1. The summed E-state index contributed by atoms with van der Waals surface area (Å²) in [6.07, 6.45) is 0. The molecule has 0 radical (unpaired) electrons. The summed E-state index contributed by atoms with van der Waals surface area (Å²) in [5.74, 6) is 0. The maximum Gasteiger partial charge on any atom is 0.0590 e. The van der Waals surface area contributed by atoms with Gasteiger partial charge in [0.15, 0.2) is 0 Å². The van der Waals surface area contributed by atoms with Crippen molar-refractivity contribution in [2.75, 3.05) is 18.9 Å². The van der Waals surface area contributed by atoms with Crippen LogP contribution >= 0.6 is 0 Å². The second-order valence-corrected chi connectivity index (χ2v) is 5.45. The first-order chi connectivity index (χ1) is 6.96. The van der Waals surface area contributed by atoms with Crippen LogP contribution < -0.4 is 5.73 Å². The van der Waals surface area contributed by atoms with Gasteiger partial charge in [0.1, 0.15) is 0 Å². The van der Waals surface area contributed by atoms with E-state index in [1.807, 2.05) is 12.1 Å². The second kappa shape index (κ2) is 3.24. The zero-order valence-electron chi connectivity index (χ0n) is 9.71. The van der Waals surface area contributed by atoms with E-state index >= 15 is 0 Å². The third-order valence-electron chi connectivity index (χ3n) is 3.57. The van der Waals surface area contributed by atoms with E-state index in [9.17, 15) is 0 Å². The molecule has 1 aliphatic rings. The standard InChI is InChI=1S/C13H19NO/c1-12(2,3)13(8-15-9-13)10-5-4-6-11(14)7-10/h4-7H,8-9,14H2,1-3H3. The molecule has 15 heavy (non-hydrogen) atoms. The maximum atomic E-state index is 5.84. The van der Waals surface area contributed by atoms with Gasteiger partial charge in [-0.25, -0.2) is 0 Å². The van der Waals surface area contributed by atoms with Crippen LogP contribution in [0.1, 0.15) is 26.3 Å². The van der Waals surface area contributed by atoms with Gasteiger partial charge in [-0.05, 0) is 23.1 Å². The molecule has 1 fully saturated rings. The van der Waals surface area contributed by atoms with Gasteiger partial charge in [0.2, 0.25) is 0 Å². The van der Waals surface area contributed by atoms with Crippen molar-refractivity contribution in [3.05, 3.63) is 29.8 Å². The molecular formula is C13H19NO. The van der Waals surface area contributed by atoms with Crippen LogP contribution in [0.3, 0.4) is 0 Å². The van der Waals surface area contributed by atoms with Crippen LogP contribution in [0.2, 0.25) is 0 Å². The smallest absolute Gasteiger partial charge is 0.0590 e. The lowest BCUT2D eigenvalue weighted by Gasteiger charge is -2.51. The SMILES string of the molecule is CC(C)(C)C1(c2cccc(N)c2)COC1. The molecule has 0 aromatic heterocycles. The molecule has 0 atom stereocenters. The Bertz CT molecular complexity index is 361. The van der Waals surface area contributed by atoms with E-state index in [-0.39, 0.29) is 10.8 Å². The quantitative estimate of drug-likeness (QED) is 0.715. The highest BCUT2D eigenvalue weighted by Crippen LogP contribution is 2.47. The summed E-state index contributed by atoms with van der Waals surface area (Å²) in [7, 11) is 0. The minimum absolute atomic E-state index is 0.141. The molecule has 2 rings (SSSR count). The highest BCUT2D eigenvalue weighted by Gasteiger charge is 2.49. The Hall–Kier alpha value is -1.02. The van der Waals surface area contributed by atoms with Gasteiger partial charge in [-0.1, -0.05) is 32.9 Å². The molecule has 0 unspecified atom stereocenters. The normalized spacial score (nSPS) is 19.7. The Kier molecular flexibility index (Phi) is 2.27. The fourth-order valence-electron chi connectivity index (χ4n) is 2.18. The fraction of sp³-hybridized carbons (Fsp3) is 0.538. The van der Waals surface area contributed by atoms with Crippen molar-refractivity contribution in [3.63, 3.8) is 0 Å². The predicted molar refractivity (Wildman–Crippen MR) is 62.8 cm³/mol. The number of hydrogen-bond donors (Lipinski definition) is 1. The number of anilines is 1. The predicted octanol–water partition coefficient (Wildman–Crippen LogP) is 2.58. The number of ether oxygens (including phenoxy) is 1. The molecule has 82 valence electrons. The van der Waals surface area contributed by atoms with E-state index in [4.69, 9.17) is 10.5 Å². The van der Waals surface area contributed by atoms with Crippen molar-refractivity contribution in [2.45, 2.75) is 26.2 Å². The summed E-state index contributed by atoms with van der Waals surface area (Å²) in [4.78, 5) is 0. The lowest BCUT2D eigenvalue weighted by molar-refractivity contribution is -0.113. The van der Waals surface area contributed by atoms with Gasteiger partial charge >= 0.3 is 0 Å². The van der Waals surface area contributed by atoms with Gasteiger partial charge in [-0.3, -0.25) is 0 Å². The highest BCUT2D eigenvalue weighted by molar-refractivity contribution is 5.45. The Labute approximate surface area is 91.4 Å². The summed E-state index contributed by atoms with van der Waals surface area (Å²) in [5, 5.41) is 0. The van der Waals surface area contributed by atoms with Crippen LogP contribution in [0, 0.1) is 5.41 Å². The van der Waals surface area contributed by atoms with Crippen molar-refractivity contribution in [3.8, 4) is 0 Å². The molecule has 0 bridgehead atoms. The van der Waals surface area contributed by atoms with Crippen molar-refractivity contribution in [1.29, 1.82) is 0 Å². The molecule has 1 aliphatic heterocycles. The van der Waals surface area contributed by atoms with Gasteiger partial charge in [-0.15, -0.1) is 0 Å². The first-order valence-corrected chi connectivity index (χ1v) is 5.39. The van der Waals surface area contributed by atoms with Crippen LogP contribution in [0.25, 0.3) is 0 Å². The van der Waals surface area contributed by atoms with Crippen LogP contribution in [0.4, 0.5) is 5.69 Å². The van der Waals surface area contributed by atoms with Gasteiger partial charge < -0.3 is 10.5 Å². The van der Waals surface area contributed by atoms with E-state index in [1.165, 1.54) is 5.56 Å². The molecule has 0 amide bonds. The molecule has 1 aromatic carbocycles. The van der Waals surface area contributed by atoms with Crippen molar-refractivity contribution in [1.82, 2.24) is 0 Å². The van der Waals surface area contributed by atoms with Crippen molar-refractivity contribution < 1.29 is 4.74 Å². The number of nitrogens with two attached hydrogens (primary N) is 1. The summed E-state index contributed by atoms with van der Waals surface area (Å²) in [6.45, 7) is 8.40. The molecule has 1 saturated heterocycles. The molecule has 2 heteroatoms. The molecule has 0 saturated carbocycles. The monoisotopic (exact) mass is 205 g/mol. The summed E-state index contributed by atoms with van der Waals surface area (Å²) in [5.41, 5.74) is 8.33.